The van der Waals surface area contributed by atoms with Gasteiger partial charge in [0.25, 0.3) is 0 Å². The van der Waals surface area contributed by atoms with Crippen LogP contribution in [0.1, 0.15) is 79.8 Å². The van der Waals surface area contributed by atoms with E-state index in [1.54, 1.807) is 0 Å². The molecular formula is C28H32O3. The first-order valence-electron chi connectivity index (χ1n) is 11.7. The minimum absolute atomic E-state index is 0.0281. The number of ether oxygens (including phenoxy) is 1. The Morgan fingerprint density at radius 2 is 1.71 bits per heavy atom. The lowest BCUT2D eigenvalue weighted by molar-refractivity contribution is -0.140. The minimum atomic E-state index is -0.0821. The average molecular weight is 417 g/mol. The Bertz CT molecular complexity index is 980. The van der Waals surface area contributed by atoms with Gasteiger partial charge in [0, 0.05) is 5.56 Å². The molecule has 0 saturated heterocycles. The Hall–Kier alpha value is -2.68. The molecule has 1 saturated carbocycles. The summed E-state index contributed by atoms with van der Waals surface area (Å²) in [5.74, 6) is 1.30. The molecule has 2 aliphatic carbocycles. The van der Waals surface area contributed by atoms with Gasteiger partial charge in [-0.05, 0) is 84.6 Å². The highest BCUT2D eigenvalue weighted by molar-refractivity contribution is 6.04. The molecule has 0 atom stereocenters. The fourth-order valence-corrected chi connectivity index (χ4v) is 5.09. The molecule has 31 heavy (non-hydrogen) atoms. The number of unbranched alkanes of at least 4 members (excludes halogenated alkanes) is 2. The summed E-state index contributed by atoms with van der Waals surface area (Å²) in [5, 5.41) is 0. The molecule has 0 N–H and O–H groups in total. The minimum Gasteiger partial charge on any atom is -0.426 e. The number of fused-ring (bicyclic) bond motifs is 3. The van der Waals surface area contributed by atoms with Crippen molar-refractivity contribution in [2.75, 3.05) is 0 Å². The standard InChI is InChI=1S/C28H32O3/c1-3-5-6-7-19-8-10-20(11-9-19)28(30)31-24-13-15-26-23(18-24)17-22-16-21(27(29)4-2)12-14-25(22)26/h4,12-16,18-20H,2-3,5-11,17H2,1H3. The molecule has 0 heterocycles. The summed E-state index contributed by atoms with van der Waals surface area (Å²) in [6.07, 6.45) is 11.5. The van der Waals surface area contributed by atoms with Crippen molar-refractivity contribution in [2.45, 2.75) is 64.7 Å². The van der Waals surface area contributed by atoms with Crippen LogP contribution in [-0.2, 0) is 11.2 Å². The first-order chi connectivity index (χ1) is 15.1. The van der Waals surface area contributed by atoms with Crippen molar-refractivity contribution in [1.29, 1.82) is 0 Å². The Labute approximate surface area is 185 Å². The highest BCUT2D eigenvalue weighted by Crippen LogP contribution is 2.39. The second-order valence-corrected chi connectivity index (χ2v) is 9.07. The second-order valence-electron chi connectivity index (χ2n) is 9.07. The number of carbonyl (C=O) groups is 2. The van der Waals surface area contributed by atoms with Crippen LogP contribution in [-0.4, -0.2) is 11.8 Å². The highest BCUT2D eigenvalue weighted by atomic mass is 16.5. The van der Waals surface area contributed by atoms with Gasteiger partial charge in [0.2, 0.25) is 0 Å². The molecule has 1 fully saturated rings. The van der Waals surface area contributed by atoms with E-state index in [1.807, 2.05) is 36.4 Å². The van der Waals surface area contributed by atoms with Crippen LogP contribution in [0.5, 0.6) is 5.75 Å². The Morgan fingerprint density at radius 3 is 2.42 bits per heavy atom. The number of allylic oxidation sites excluding steroid dienone is 1. The maximum atomic E-state index is 12.7. The number of carbonyl (C=O) groups excluding carboxylic acids is 2. The summed E-state index contributed by atoms with van der Waals surface area (Å²) in [6.45, 7) is 5.81. The molecule has 0 aliphatic heterocycles. The monoisotopic (exact) mass is 416 g/mol. The van der Waals surface area contributed by atoms with E-state index in [0.717, 1.165) is 60.3 Å². The third-order valence-corrected chi connectivity index (χ3v) is 6.94. The maximum Gasteiger partial charge on any atom is 0.314 e. The van der Waals surface area contributed by atoms with Gasteiger partial charge in [0.1, 0.15) is 5.75 Å². The molecule has 0 aromatic heterocycles. The first kappa shape index (κ1) is 21.5. The molecule has 3 nitrogen and oxygen atoms in total. The van der Waals surface area contributed by atoms with Crippen LogP contribution in [0.15, 0.2) is 49.1 Å². The molecule has 0 radical (unpaired) electrons. The number of benzene rings is 2. The molecule has 2 aromatic carbocycles. The normalized spacial score (nSPS) is 19.4. The van der Waals surface area contributed by atoms with Crippen LogP contribution in [0.4, 0.5) is 0 Å². The van der Waals surface area contributed by atoms with E-state index in [2.05, 4.69) is 13.5 Å². The lowest BCUT2D eigenvalue weighted by Crippen LogP contribution is -2.25. The van der Waals surface area contributed by atoms with Gasteiger partial charge in [-0.15, -0.1) is 0 Å². The lowest BCUT2D eigenvalue weighted by Gasteiger charge is -2.27. The number of hydrogen-bond acceptors (Lipinski definition) is 3. The average Bonchev–Trinajstić information content (AvgIpc) is 3.16. The van der Waals surface area contributed by atoms with Crippen molar-refractivity contribution < 1.29 is 14.3 Å². The van der Waals surface area contributed by atoms with Gasteiger partial charge >= 0.3 is 5.97 Å². The zero-order chi connectivity index (χ0) is 21.8. The van der Waals surface area contributed by atoms with Crippen molar-refractivity contribution in [3.05, 3.63) is 65.7 Å². The Kier molecular flexibility index (Phi) is 6.70. The number of hydrogen-bond donors (Lipinski definition) is 0. The molecule has 0 unspecified atom stereocenters. The van der Waals surface area contributed by atoms with E-state index in [1.165, 1.54) is 31.8 Å². The van der Waals surface area contributed by atoms with Crippen molar-refractivity contribution >= 4 is 11.8 Å². The largest absolute Gasteiger partial charge is 0.426 e. The Balaban J connectivity index is 1.36. The summed E-state index contributed by atoms with van der Waals surface area (Å²) >= 11 is 0. The highest BCUT2D eigenvalue weighted by Gasteiger charge is 2.28. The molecule has 4 rings (SSSR count). The predicted octanol–water partition coefficient (Wildman–Crippen LogP) is 6.92. The topological polar surface area (TPSA) is 43.4 Å². The smallest absolute Gasteiger partial charge is 0.314 e. The second kappa shape index (κ2) is 9.64. The van der Waals surface area contributed by atoms with Crippen LogP contribution in [0.25, 0.3) is 11.1 Å². The summed E-state index contributed by atoms with van der Waals surface area (Å²) in [5.41, 5.74) is 5.24. The zero-order valence-electron chi connectivity index (χ0n) is 18.5. The van der Waals surface area contributed by atoms with Gasteiger partial charge in [0.15, 0.2) is 5.78 Å². The van der Waals surface area contributed by atoms with Crippen molar-refractivity contribution in [3.63, 3.8) is 0 Å². The molecular weight excluding hydrogens is 384 g/mol. The molecule has 0 amide bonds. The third-order valence-electron chi connectivity index (χ3n) is 6.94. The lowest BCUT2D eigenvalue weighted by atomic mass is 9.80. The van der Waals surface area contributed by atoms with Gasteiger partial charge in [0.05, 0.1) is 5.92 Å². The number of esters is 1. The molecule has 0 bridgehead atoms. The SMILES string of the molecule is C=CC(=O)c1ccc2c(c1)Cc1cc(OC(=O)C3CCC(CCCCC)CC3)ccc1-2. The molecule has 3 heteroatoms. The quantitative estimate of drug-likeness (QED) is 0.132. The number of ketones is 1. The van der Waals surface area contributed by atoms with E-state index in [-0.39, 0.29) is 17.7 Å². The van der Waals surface area contributed by atoms with Gasteiger partial charge < -0.3 is 4.74 Å². The maximum absolute atomic E-state index is 12.7. The summed E-state index contributed by atoms with van der Waals surface area (Å²) in [6, 6.07) is 11.7. The van der Waals surface area contributed by atoms with Crippen LogP contribution in [0.3, 0.4) is 0 Å². The van der Waals surface area contributed by atoms with E-state index in [0.29, 0.717) is 11.3 Å². The van der Waals surface area contributed by atoms with Gasteiger partial charge in [-0.1, -0.05) is 57.4 Å². The Morgan fingerprint density at radius 1 is 1.00 bits per heavy atom. The van der Waals surface area contributed by atoms with E-state index >= 15 is 0 Å². The fraction of sp³-hybridized carbons (Fsp3) is 0.429. The van der Waals surface area contributed by atoms with Crippen molar-refractivity contribution in [2.24, 2.45) is 11.8 Å². The summed E-state index contributed by atoms with van der Waals surface area (Å²) < 4.78 is 5.78. The van der Waals surface area contributed by atoms with Crippen molar-refractivity contribution in [1.82, 2.24) is 0 Å². The van der Waals surface area contributed by atoms with Gasteiger partial charge in [-0.2, -0.15) is 0 Å². The van der Waals surface area contributed by atoms with E-state index < -0.39 is 0 Å². The van der Waals surface area contributed by atoms with E-state index in [9.17, 15) is 9.59 Å². The van der Waals surface area contributed by atoms with Gasteiger partial charge in [-0.3, -0.25) is 9.59 Å². The van der Waals surface area contributed by atoms with Gasteiger partial charge in [-0.25, -0.2) is 0 Å². The van der Waals surface area contributed by atoms with Crippen molar-refractivity contribution in [3.8, 4) is 16.9 Å². The molecule has 2 aromatic rings. The summed E-state index contributed by atoms with van der Waals surface area (Å²) in [7, 11) is 0. The van der Waals surface area contributed by atoms with E-state index in [4.69, 9.17) is 4.74 Å². The summed E-state index contributed by atoms with van der Waals surface area (Å²) in [4.78, 5) is 24.7. The first-order valence-corrected chi connectivity index (χ1v) is 11.7. The van der Waals surface area contributed by atoms with Crippen LogP contribution < -0.4 is 4.74 Å². The molecule has 162 valence electrons. The fourth-order valence-electron chi connectivity index (χ4n) is 5.09. The van der Waals surface area contributed by atoms with Crippen LogP contribution in [0, 0.1) is 11.8 Å². The third kappa shape index (κ3) is 4.81. The van der Waals surface area contributed by atoms with Crippen LogP contribution in [0.2, 0.25) is 0 Å². The number of rotatable bonds is 8. The zero-order valence-corrected chi connectivity index (χ0v) is 18.5. The molecule has 0 spiro atoms. The predicted molar refractivity (Wildman–Crippen MR) is 124 cm³/mol. The molecule has 2 aliphatic rings. The van der Waals surface area contributed by atoms with Crippen LogP contribution >= 0.6 is 0 Å².